The van der Waals surface area contributed by atoms with Crippen molar-refractivity contribution in [2.45, 2.75) is 13.5 Å². The van der Waals surface area contributed by atoms with Gasteiger partial charge in [-0.2, -0.15) is 5.10 Å². The van der Waals surface area contributed by atoms with Crippen molar-refractivity contribution >= 4 is 46.2 Å². The van der Waals surface area contributed by atoms with Crippen molar-refractivity contribution in [1.29, 1.82) is 0 Å². The molecule has 0 saturated heterocycles. The number of hydrazone groups is 1. The summed E-state index contributed by atoms with van der Waals surface area (Å²) in [5.74, 6) is -0.241. The number of halogens is 2. The smallest absolute Gasteiger partial charge is 0.271 e. The van der Waals surface area contributed by atoms with Crippen LogP contribution in [0.4, 0.5) is 0 Å². The van der Waals surface area contributed by atoms with Crippen LogP contribution < -0.4 is 5.43 Å². The molecule has 3 aromatic carbocycles. The van der Waals surface area contributed by atoms with Gasteiger partial charge in [0, 0.05) is 34.8 Å². The average molecular weight is 436 g/mol. The maximum absolute atomic E-state index is 12.3. The van der Waals surface area contributed by atoms with Gasteiger partial charge in [-0.3, -0.25) is 4.79 Å². The molecule has 30 heavy (non-hydrogen) atoms. The molecule has 0 aliphatic rings. The molecule has 0 aliphatic carbocycles. The quantitative estimate of drug-likeness (QED) is 0.300. The summed E-state index contributed by atoms with van der Waals surface area (Å²) in [6.45, 7) is 2.59. The molecule has 0 saturated carbocycles. The molecule has 6 heteroatoms. The summed E-state index contributed by atoms with van der Waals surface area (Å²) in [6, 6.07) is 21.1. The molecule has 0 aliphatic heterocycles. The number of aromatic nitrogens is 1. The first-order valence-corrected chi connectivity index (χ1v) is 10.2. The Morgan fingerprint density at radius 3 is 2.67 bits per heavy atom. The number of aryl methyl sites for hydroxylation is 1. The minimum atomic E-state index is -0.241. The fraction of sp³-hybridized carbons (Fsp3) is 0.0833. The molecule has 4 nitrogen and oxygen atoms in total. The fourth-order valence-electron chi connectivity index (χ4n) is 3.35. The number of nitrogens with one attached hydrogen (secondary N) is 1. The third-order valence-electron chi connectivity index (χ3n) is 4.81. The van der Waals surface area contributed by atoms with Gasteiger partial charge in [-0.15, -0.1) is 0 Å². The first kappa shape index (κ1) is 20.2. The van der Waals surface area contributed by atoms with Crippen LogP contribution >= 0.6 is 23.2 Å². The Bertz CT molecular complexity index is 1260. The van der Waals surface area contributed by atoms with Crippen molar-refractivity contribution < 1.29 is 4.79 Å². The number of para-hydroxylation sites is 1. The van der Waals surface area contributed by atoms with Crippen LogP contribution in [0.2, 0.25) is 10.0 Å². The number of hydrogen-bond donors (Lipinski definition) is 1. The zero-order chi connectivity index (χ0) is 21.1. The number of nitrogens with zero attached hydrogens (tertiary/aromatic N) is 2. The Labute approximate surface area is 184 Å². The third-order valence-corrected chi connectivity index (χ3v) is 5.55. The minimum absolute atomic E-state index is 0.241. The normalized spacial score (nSPS) is 11.3. The molecular formula is C24H19Cl2N3O. The van der Waals surface area contributed by atoms with Crippen LogP contribution in [0.3, 0.4) is 0 Å². The highest BCUT2D eigenvalue weighted by Gasteiger charge is 2.09. The summed E-state index contributed by atoms with van der Waals surface area (Å²) in [5, 5.41) is 6.29. The highest BCUT2D eigenvalue weighted by atomic mass is 35.5. The number of amides is 1. The monoisotopic (exact) mass is 435 g/mol. The van der Waals surface area contributed by atoms with E-state index in [9.17, 15) is 4.79 Å². The van der Waals surface area contributed by atoms with Crippen LogP contribution in [-0.2, 0) is 6.54 Å². The summed E-state index contributed by atoms with van der Waals surface area (Å²) in [6.07, 6.45) is 3.68. The molecule has 1 aromatic heterocycles. The Balaban J connectivity index is 1.58. The topological polar surface area (TPSA) is 46.4 Å². The lowest BCUT2D eigenvalue weighted by atomic mass is 10.1. The minimum Gasteiger partial charge on any atom is -0.342 e. The largest absolute Gasteiger partial charge is 0.342 e. The van der Waals surface area contributed by atoms with Gasteiger partial charge in [0.1, 0.15) is 0 Å². The molecule has 0 spiro atoms. The maximum Gasteiger partial charge on any atom is 0.271 e. The van der Waals surface area contributed by atoms with Crippen LogP contribution in [0.25, 0.3) is 10.9 Å². The van der Waals surface area contributed by atoms with Crippen LogP contribution in [0.5, 0.6) is 0 Å². The lowest BCUT2D eigenvalue weighted by Gasteiger charge is -2.06. The lowest BCUT2D eigenvalue weighted by Crippen LogP contribution is -2.17. The fourth-order valence-corrected chi connectivity index (χ4v) is 3.68. The van der Waals surface area contributed by atoms with Crippen molar-refractivity contribution in [1.82, 2.24) is 9.99 Å². The van der Waals surface area contributed by atoms with E-state index < -0.39 is 0 Å². The second-order valence-electron chi connectivity index (χ2n) is 7.05. The van der Waals surface area contributed by atoms with E-state index >= 15 is 0 Å². The van der Waals surface area contributed by atoms with Gasteiger partial charge in [0.05, 0.1) is 16.3 Å². The van der Waals surface area contributed by atoms with Gasteiger partial charge in [-0.1, -0.05) is 65.2 Å². The van der Waals surface area contributed by atoms with E-state index in [1.807, 2.05) is 61.7 Å². The summed E-state index contributed by atoms with van der Waals surface area (Å²) in [7, 11) is 0. The lowest BCUT2D eigenvalue weighted by molar-refractivity contribution is 0.0955. The van der Waals surface area contributed by atoms with E-state index in [4.69, 9.17) is 23.2 Å². The molecule has 4 rings (SSSR count). The van der Waals surface area contributed by atoms with E-state index in [1.165, 1.54) is 0 Å². The van der Waals surface area contributed by atoms with E-state index in [2.05, 4.69) is 21.2 Å². The average Bonchev–Trinajstić information content (AvgIpc) is 3.08. The summed E-state index contributed by atoms with van der Waals surface area (Å²) in [4.78, 5) is 12.3. The van der Waals surface area contributed by atoms with Gasteiger partial charge in [-0.25, -0.2) is 5.43 Å². The number of hydrogen-bond acceptors (Lipinski definition) is 2. The van der Waals surface area contributed by atoms with Crippen LogP contribution in [-0.4, -0.2) is 16.7 Å². The molecule has 150 valence electrons. The molecule has 0 unspecified atom stereocenters. The van der Waals surface area contributed by atoms with Crippen molar-refractivity contribution in [3.05, 3.63) is 105 Å². The Morgan fingerprint density at radius 2 is 1.87 bits per heavy atom. The summed E-state index contributed by atoms with van der Waals surface area (Å²) in [5.41, 5.74) is 7.22. The van der Waals surface area contributed by atoms with Gasteiger partial charge >= 0.3 is 0 Å². The molecule has 1 amide bonds. The van der Waals surface area contributed by atoms with Crippen molar-refractivity contribution in [3.8, 4) is 0 Å². The van der Waals surface area contributed by atoms with Gasteiger partial charge < -0.3 is 4.57 Å². The number of rotatable bonds is 5. The zero-order valence-electron chi connectivity index (χ0n) is 16.3. The highest BCUT2D eigenvalue weighted by Crippen LogP contribution is 2.25. The van der Waals surface area contributed by atoms with Crippen LogP contribution in [0.1, 0.15) is 27.0 Å². The van der Waals surface area contributed by atoms with Crippen molar-refractivity contribution in [2.24, 2.45) is 5.10 Å². The predicted octanol–water partition coefficient (Wildman–Crippen LogP) is 6.07. The van der Waals surface area contributed by atoms with Gasteiger partial charge in [0.25, 0.3) is 5.91 Å². The maximum atomic E-state index is 12.3. The number of benzene rings is 3. The number of carbonyl (C=O) groups excluding carboxylic acids is 1. The van der Waals surface area contributed by atoms with E-state index in [1.54, 1.807) is 18.3 Å². The van der Waals surface area contributed by atoms with Gasteiger partial charge in [0.15, 0.2) is 0 Å². The first-order chi connectivity index (χ1) is 14.5. The molecule has 0 atom stereocenters. The van der Waals surface area contributed by atoms with E-state index in [0.717, 1.165) is 27.6 Å². The summed E-state index contributed by atoms with van der Waals surface area (Å²) < 4.78 is 2.12. The molecule has 0 fully saturated rings. The molecule has 4 aromatic rings. The first-order valence-electron chi connectivity index (χ1n) is 9.43. The highest BCUT2D eigenvalue weighted by molar-refractivity contribution is 6.42. The molecular weight excluding hydrogens is 417 g/mol. The Kier molecular flexibility index (Phi) is 5.88. The second-order valence-corrected chi connectivity index (χ2v) is 7.86. The predicted molar refractivity (Wildman–Crippen MR) is 124 cm³/mol. The van der Waals surface area contributed by atoms with Crippen molar-refractivity contribution in [3.63, 3.8) is 0 Å². The standard InChI is InChI=1S/C24H19Cl2N3O/c1-16-5-4-6-18(11-16)24(30)28-27-13-19-15-29(23-8-3-2-7-20(19)23)14-17-9-10-21(25)22(26)12-17/h2-13,15H,14H2,1H3,(H,28,30)/b27-13-. The van der Waals surface area contributed by atoms with E-state index in [-0.39, 0.29) is 5.91 Å². The molecule has 1 heterocycles. The van der Waals surface area contributed by atoms with Gasteiger partial charge in [-0.05, 0) is 42.8 Å². The van der Waals surface area contributed by atoms with Crippen LogP contribution in [0.15, 0.2) is 78.0 Å². The SMILES string of the molecule is Cc1cccc(C(=O)N/N=C\c2cn(Cc3ccc(Cl)c(Cl)c3)c3ccccc23)c1. The summed E-state index contributed by atoms with van der Waals surface area (Å²) >= 11 is 12.2. The van der Waals surface area contributed by atoms with Crippen LogP contribution in [0, 0.1) is 6.92 Å². The third kappa shape index (κ3) is 4.40. The Morgan fingerprint density at radius 1 is 1.03 bits per heavy atom. The van der Waals surface area contributed by atoms with Crippen molar-refractivity contribution in [2.75, 3.05) is 0 Å². The zero-order valence-corrected chi connectivity index (χ0v) is 17.8. The number of fused-ring (bicyclic) bond motifs is 1. The molecule has 0 bridgehead atoms. The van der Waals surface area contributed by atoms with E-state index in [0.29, 0.717) is 22.2 Å². The number of carbonyl (C=O) groups is 1. The molecule has 0 radical (unpaired) electrons. The second kappa shape index (κ2) is 8.74. The Hall–Kier alpha value is -3.08. The van der Waals surface area contributed by atoms with Gasteiger partial charge in [0.2, 0.25) is 0 Å². The molecule has 1 N–H and O–H groups in total.